The molecule has 8 nitrogen and oxygen atoms in total. The van der Waals surface area contributed by atoms with Crippen molar-refractivity contribution < 1.29 is 68.4 Å². The average molecular weight is 600 g/mol. The highest BCUT2D eigenvalue weighted by Crippen LogP contribution is 2.53. The lowest BCUT2D eigenvalue weighted by Crippen LogP contribution is -2.62. The van der Waals surface area contributed by atoms with Crippen molar-refractivity contribution in [1.82, 2.24) is 10.2 Å². The quantitative estimate of drug-likeness (QED) is 0.261. The number of amides is 2. The van der Waals surface area contributed by atoms with Crippen LogP contribution in [0.2, 0.25) is 0 Å². The Morgan fingerprint density at radius 3 is 1.95 bits per heavy atom. The van der Waals surface area contributed by atoms with Crippen molar-refractivity contribution in [2.75, 3.05) is 32.9 Å². The second kappa shape index (κ2) is 14.1. The molecular formula is C23H29F9N2O6. The molecule has 2 amide bonds. The van der Waals surface area contributed by atoms with Crippen molar-refractivity contribution in [2.45, 2.75) is 63.5 Å². The summed E-state index contributed by atoms with van der Waals surface area (Å²) in [6.07, 6.45) is -14.2. The van der Waals surface area contributed by atoms with E-state index in [0.29, 0.717) is 5.56 Å². The first kappa shape index (κ1) is 35.1. The van der Waals surface area contributed by atoms with Gasteiger partial charge in [0.05, 0.1) is 13.2 Å². The summed E-state index contributed by atoms with van der Waals surface area (Å²) in [7, 11) is 0. The summed E-state index contributed by atoms with van der Waals surface area (Å²) in [6, 6.07) is 4.62. The summed E-state index contributed by atoms with van der Waals surface area (Å²) in [5.74, 6) is -14.9. The third-order valence-corrected chi connectivity index (χ3v) is 5.08. The number of carboxylic acids is 1. The molecule has 0 radical (unpaired) electrons. The molecule has 0 aliphatic carbocycles. The van der Waals surface area contributed by atoms with Gasteiger partial charge in [0.25, 0.3) is 0 Å². The number of nitrogens with zero attached hydrogens (tertiary/aromatic N) is 1. The van der Waals surface area contributed by atoms with Gasteiger partial charge < -0.3 is 29.5 Å². The lowest BCUT2D eigenvalue weighted by molar-refractivity contribution is -0.443. The van der Waals surface area contributed by atoms with Crippen molar-refractivity contribution in [3.05, 3.63) is 29.8 Å². The van der Waals surface area contributed by atoms with Gasteiger partial charge in [0.2, 0.25) is 0 Å². The minimum absolute atomic E-state index is 0.0607. The molecule has 1 atom stereocenters. The molecule has 1 unspecified atom stereocenters. The minimum atomic E-state index is -7.10. The van der Waals surface area contributed by atoms with Gasteiger partial charge in [-0.15, -0.1) is 0 Å². The number of carboxylic acid groups (broad SMARTS) is 1. The van der Waals surface area contributed by atoms with Gasteiger partial charge in [-0.3, -0.25) is 0 Å². The first-order valence-corrected chi connectivity index (χ1v) is 11.7. The molecule has 1 aromatic rings. The van der Waals surface area contributed by atoms with E-state index < -0.39 is 61.4 Å². The molecule has 0 saturated heterocycles. The van der Waals surface area contributed by atoms with Crippen LogP contribution in [-0.2, 0) is 20.7 Å². The molecule has 0 fully saturated rings. The van der Waals surface area contributed by atoms with E-state index in [0.717, 1.165) is 4.90 Å². The molecule has 0 spiro atoms. The highest BCUT2D eigenvalue weighted by atomic mass is 19.4. The zero-order valence-corrected chi connectivity index (χ0v) is 21.5. The predicted octanol–water partition coefficient (Wildman–Crippen LogP) is 4.96. The summed E-state index contributed by atoms with van der Waals surface area (Å²) in [4.78, 5) is 24.3. The standard InChI is InChI=1S/C23H29F9N2O6/c1-4-38-17(18(35)36)13-15-5-7-16(8-6-15)39-11-9-34(19(37)33-14(2)3)10-12-40-23(31,32)21(26,27)20(24,25)22(28,29)30/h5-8,14,17H,4,9-13H2,1-3H3,(H,33,37)(H,35,36). The molecule has 0 bridgehead atoms. The largest absolute Gasteiger partial charge is 0.492 e. The van der Waals surface area contributed by atoms with E-state index in [9.17, 15) is 49.1 Å². The summed E-state index contributed by atoms with van der Waals surface area (Å²) in [5.41, 5.74) is 0.595. The average Bonchev–Trinajstić information content (AvgIpc) is 2.82. The first-order chi connectivity index (χ1) is 18.3. The van der Waals surface area contributed by atoms with Crippen LogP contribution in [0.3, 0.4) is 0 Å². The van der Waals surface area contributed by atoms with Crippen LogP contribution < -0.4 is 10.1 Å². The first-order valence-electron chi connectivity index (χ1n) is 11.7. The summed E-state index contributed by atoms with van der Waals surface area (Å²) >= 11 is 0. The molecule has 17 heteroatoms. The maximum Gasteiger partial charge on any atom is 0.460 e. The Kier molecular flexibility index (Phi) is 12.4. The minimum Gasteiger partial charge on any atom is -0.492 e. The van der Waals surface area contributed by atoms with Gasteiger partial charge in [-0.2, -0.15) is 39.5 Å². The van der Waals surface area contributed by atoms with Gasteiger partial charge in [-0.25, -0.2) is 9.59 Å². The summed E-state index contributed by atoms with van der Waals surface area (Å²) in [5, 5.41) is 11.5. The molecule has 1 aromatic carbocycles. The lowest BCUT2D eigenvalue weighted by atomic mass is 10.1. The Balaban J connectivity index is 2.81. The van der Waals surface area contributed by atoms with Crippen molar-refractivity contribution in [3.63, 3.8) is 0 Å². The van der Waals surface area contributed by atoms with Gasteiger partial charge in [0.15, 0.2) is 6.10 Å². The lowest BCUT2D eigenvalue weighted by Gasteiger charge is -2.33. The van der Waals surface area contributed by atoms with E-state index in [1.54, 1.807) is 19.1 Å². The van der Waals surface area contributed by atoms with Crippen LogP contribution in [0.15, 0.2) is 24.3 Å². The van der Waals surface area contributed by atoms with Gasteiger partial charge in [-0.1, -0.05) is 12.1 Å². The number of urea groups is 1. The van der Waals surface area contributed by atoms with E-state index in [1.807, 2.05) is 0 Å². The number of halogens is 9. The van der Waals surface area contributed by atoms with E-state index in [4.69, 9.17) is 14.6 Å². The predicted molar refractivity (Wildman–Crippen MR) is 121 cm³/mol. The monoisotopic (exact) mass is 600 g/mol. The number of benzene rings is 1. The number of carbonyl (C=O) groups excluding carboxylic acids is 1. The van der Waals surface area contributed by atoms with Crippen LogP contribution >= 0.6 is 0 Å². The maximum absolute atomic E-state index is 13.6. The van der Waals surface area contributed by atoms with Gasteiger partial charge in [-0.05, 0) is 38.5 Å². The fraction of sp³-hybridized carbons (Fsp3) is 0.652. The van der Waals surface area contributed by atoms with Gasteiger partial charge in [0.1, 0.15) is 12.4 Å². The van der Waals surface area contributed by atoms with Crippen LogP contribution in [0.25, 0.3) is 0 Å². The molecule has 1 rings (SSSR count). The van der Waals surface area contributed by atoms with Crippen molar-refractivity contribution in [1.29, 1.82) is 0 Å². The fourth-order valence-electron chi connectivity index (χ4n) is 3.02. The SMILES string of the molecule is CCOC(Cc1ccc(OCCN(CCOC(F)(F)C(F)(F)C(F)(F)C(F)(F)F)C(=O)NC(C)C)cc1)C(=O)O. The highest BCUT2D eigenvalue weighted by molar-refractivity contribution is 5.74. The fourth-order valence-corrected chi connectivity index (χ4v) is 3.02. The third-order valence-electron chi connectivity index (χ3n) is 5.08. The number of hydrogen-bond acceptors (Lipinski definition) is 5. The molecule has 0 aliphatic rings. The number of carbonyl (C=O) groups is 2. The summed E-state index contributed by atoms with van der Waals surface area (Å²) in [6.45, 7) is 1.79. The van der Waals surface area contributed by atoms with Gasteiger partial charge >= 0.3 is 36.1 Å². The summed E-state index contributed by atoms with van der Waals surface area (Å²) < 4.78 is 131. The smallest absolute Gasteiger partial charge is 0.460 e. The third kappa shape index (κ3) is 9.31. The molecular weight excluding hydrogens is 571 g/mol. The molecule has 0 aromatic heterocycles. The number of rotatable bonds is 16. The van der Waals surface area contributed by atoms with Crippen LogP contribution in [0.1, 0.15) is 26.3 Å². The van der Waals surface area contributed by atoms with E-state index in [1.165, 1.54) is 26.0 Å². The molecule has 0 aliphatic heterocycles. The highest BCUT2D eigenvalue weighted by Gasteiger charge is 2.82. The van der Waals surface area contributed by atoms with Crippen LogP contribution in [-0.4, -0.2) is 91.2 Å². The van der Waals surface area contributed by atoms with E-state index >= 15 is 0 Å². The van der Waals surface area contributed by atoms with Crippen LogP contribution in [0, 0.1) is 0 Å². The van der Waals surface area contributed by atoms with Gasteiger partial charge in [0, 0.05) is 25.6 Å². The number of alkyl halides is 9. The Morgan fingerprint density at radius 2 is 1.48 bits per heavy atom. The number of nitrogens with one attached hydrogen (secondary N) is 1. The topological polar surface area (TPSA) is 97.3 Å². The second-order valence-electron chi connectivity index (χ2n) is 8.58. The normalized spacial score (nSPS) is 13.7. The Hall–Kier alpha value is -2.95. The van der Waals surface area contributed by atoms with E-state index in [-0.39, 0.29) is 31.9 Å². The molecule has 2 N–H and O–H groups in total. The van der Waals surface area contributed by atoms with Crippen LogP contribution in [0.5, 0.6) is 5.75 Å². The van der Waals surface area contributed by atoms with E-state index in [2.05, 4.69) is 10.1 Å². The zero-order valence-electron chi connectivity index (χ0n) is 21.5. The Bertz CT molecular complexity index is 959. The number of aliphatic carboxylic acids is 1. The molecule has 0 heterocycles. The number of hydrogen-bond donors (Lipinski definition) is 2. The van der Waals surface area contributed by atoms with Crippen molar-refractivity contribution in [3.8, 4) is 5.75 Å². The number of ether oxygens (including phenoxy) is 3. The molecule has 0 saturated carbocycles. The Morgan fingerprint density at radius 1 is 0.925 bits per heavy atom. The molecule has 40 heavy (non-hydrogen) atoms. The van der Waals surface area contributed by atoms with Crippen LogP contribution in [0.4, 0.5) is 44.3 Å². The second-order valence-corrected chi connectivity index (χ2v) is 8.58. The Labute approximate surface area is 223 Å². The molecule has 230 valence electrons. The van der Waals surface area contributed by atoms with Crippen molar-refractivity contribution in [2.24, 2.45) is 0 Å². The van der Waals surface area contributed by atoms with Crippen molar-refractivity contribution >= 4 is 12.0 Å². The zero-order chi connectivity index (χ0) is 30.9. The maximum atomic E-state index is 13.6.